The molecule has 0 saturated carbocycles. The van der Waals surface area contributed by atoms with Crippen molar-refractivity contribution in [1.82, 2.24) is 10.3 Å². The fraction of sp³-hybridized carbons (Fsp3) is 0.500. The van der Waals surface area contributed by atoms with Crippen LogP contribution >= 0.6 is 0 Å². The van der Waals surface area contributed by atoms with E-state index in [0.29, 0.717) is 18.7 Å². The van der Waals surface area contributed by atoms with E-state index in [1.54, 1.807) is 0 Å². The molecular formula is C12H15FN2O3. The van der Waals surface area contributed by atoms with Crippen LogP contribution in [-0.4, -0.2) is 35.9 Å². The number of amides is 1. The van der Waals surface area contributed by atoms with Gasteiger partial charge in [0.05, 0.1) is 12.2 Å². The lowest BCUT2D eigenvalue weighted by atomic mass is 10.2. The molecule has 0 aliphatic carbocycles. The quantitative estimate of drug-likeness (QED) is 0.821. The zero-order chi connectivity index (χ0) is 13.2. The lowest BCUT2D eigenvalue weighted by Crippen LogP contribution is -2.34. The summed E-state index contributed by atoms with van der Waals surface area (Å²) < 4.78 is 23.5. The van der Waals surface area contributed by atoms with Gasteiger partial charge in [0, 0.05) is 12.7 Å². The number of carbonyl (C=O) groups excluding carboxylic acids is 1. The summed E-state index contributed by atoms with van der Waals surface area (Å²) in [6.45, 7) is 4.42. The van der Waals surface area contributed by atoms with Crippen molar-refractivity contribution in [2.75, 3.05) is 13.2 Å². The van der Waals surface area contributed by atoms with E-state index in [1.807, 2.05) is 13.8 Å². The van der Waals surface area contributed by atoms with Crippen LogP contribution in [0, 0.1) is 5.95 Å². The van der Waals surface area contributed by atoms with Crippen LogP contribution in [0.3, 0.4) is 0 Å². The highest BCUT2D eigenvalue weighted by Crippen LogP contribution is 2.21. The van der Waals surface area contributed by atoms with Crippen LogP contribution in [0.15, 0.2) is 18.3 Å². The van der Waals surface area contributed by atoms with E-state index in [4.69, 9.17) is 9.47 Å². The van der Waals surface area contributed by atoms with Crippen LogP contribution in [0.25, 0.3) is 0 Å². The number of hydrogen-bond acceptors (Lipinski definition) is 4. The van der Waals surface area contributed by atoms with Gasteiger partial charge in [-0.3, -0.25) is 4.79 Å². The van der Waals surface area contributed by atoms with Crippen LogP contribution < -0.4 is 5.32 Å². The predicted molar refractivity (Wildman–Crippen MR) is 61.4 cm³/mol. The summed E-state index contributed by atoms with van der Waals surface area (Å²) in [5, 5.41) is 2.69. The number of rotatable bonds is 3. The molecule has 1 unspecified atom stereocenters. The van der Waals surface area contributed by atoms with Crippen molar-refractivity contribution >= 4 is 5.91 Å². The summed E-state index contributed by atoms with van der Waals surface area (Å²) in [6, 6.07) is 2.53. The van der Waals surface area contributed by atoms with Gasteiger partial charge in [-0.15, -0.1) is 0 Å². The molecule has 1 N–H and O–H groups in total. The van der Waals surface area contributed by atoms with Gasteiger partial charge in [-0.2, -0.15) is 4.39 Å². The molecule has 0 radical (unpaired) electrons. The molecule has 6 heteroatoms. The van der Waals surface area contributed by atoms with E-state index < -0.39 is 11.7 Å². The third-order valence-electron chi connectivity index (χ3n) is 2.55. The zero-order valence-corrected chi connectivity index (χ0v) is 10.3. The third-order valence-corrected chi connectivity index (χ3v) is 2.55. The fourth-order valence-electron chi connectivity index (χ4n) is 1.68. The molecule has 1 aromatic rings. The van der Waals surface area contributed by atoms with E-state index in [9.17, 15) is 9.18 Å². The molecular weight excluding hydrogens is 239 g/mol. The number of nitrogens with zero attached hydrogens (tertiary/aromatic N) is 1. The Kier molecular flexibility index (Phi) is 3.58. The van der Waals surface area contributed by atoms with Crippen molar-refractivity contribution in [2.45, 2.75) is 25.7 Å². The van der Waals surface area contributed by atoms with Gasteiger partial charge in [-0.05, 0) is 26.0 Å². The van der Waals surface area contributed by atoms with Gasteiger partial charge in [-0.25, -0.2) is 4.98 Å². The molecule has 1 saturated heterocycles. The molecule has 0 spiro atoms. The largest absolute Gasteiger partial charge is 0.349 e. The molecule has 0 aromatic carbocycles. The van der Waals surface area contributed by atoms with Crippen molar-refractivity contribution in [3.8, 4) is 0 Å². The first-order chi connectivity index (χ1) is 8.46. The van der Waals surface area contributed by atoms with E-state index in [0.717, 1.165) is 6.07 Å². The standard InChI is InChI=1S/C12H15FN2O3/c1-12(2)17-7-9(18-12)6-15-11(16)8-3-4-10(13)14-5-8/h3-5,9H,6-7H2,1-2H3,(H,15,16). The van der Waals surface area contributed by atoms with Gasteiger partial charge in [-0.1, -0.05) is 0 Å². The van der Waals surface area contributed by atoms with E-state index in [2.05, 4.69) is 10.3 Å². The molecule has 0 bridgehead atoms. The molecule has 1 aromatic heterocycles. The number of carbonyl (C=O) groups is 1. The smallest absolute Gasteiger partial charge is 0.252 e. The number of halogens is 1. The van der Waals surface area contributed by atoms with Crippen LogP contribution in [0.1, 0.15) is 24.2 Å². The molecule has 5 nitrogen and oxygen atoms in total. The molecule has 1 aliphatic heterocycles. The molecule has 1 amide bonds. The maximum atomic E-state index is 12.6. The van der Waals surface area contributed by atoms with Crippen molar-refractivity contribution in [2.24, 2.45) is 0 Å². The average Bonchev–Trinajstić information content (AvgIpc) is 2.67. The number of pyridine rings is 1. The Morgan fingerprint density at radius 1 is 1.61 bits per heavy atom. The number of nitrogens with one attached hydrogen (secondary N) is 1. The summed E-state index contributed by atoms with van der Waals surface area (Å²) >= 11 is 0. The van der Waals surface area contributed by atoms with Crippen LogP contribution in [-0.2, 0) is 9.47 Å². The topological polar surface area (TPSA) is 60.5 Å². The van der Waals surface area contributed by atoms with Crippen LogP contribution in [0.4, 0.5) is 4.39 Å². The summed E-state index contributed by atoms with van der Waals surface area (Å²) in [6.07, 6.45) is 1.03. The Hall–Kier alpha value is -1.53. The van der Waals surface area contributed by atoms with Crippen molar-refractivity contribution in [1.29, 1.82) is 0 Å². The SMILES string of the molecule is CC1(C)OCC(CNC(=O)c2ccc(F)nc2)O1. The Bertz CT molecular complexity index is 433. The van der Waals surface area contributed by atoms with E-state index in [-0.39, 0.29) is 12.0 Å². The first-order valence-corrected chi connectivity index (χ1v) is 5.68. The molecule has 2 heterocycles. The third kappa shape index (κ3) is 3.24. The highest BCUT2D eigenvalue weighted by Gasteiger charge is 2.32. The number of hydrogen-bond donors (Lipinski definition) is 1. The average molecular weight is 254 g/mol. The Morgan fingerprint density at radius 3 is 2.94 bits per heavy atom. The highest BCUT2D eigenvalue weighted by molar-refractivity contribution is 5.93. The predicted octanol–water partition coefficient (Wildman–Crippen LogP) is 1.10. The van der Waals surface area contributed by atoms with Gasteiger partial charge >= 0.3 is 0 Å². The van der Waals surface area contributed by atoms with Crippen LogP contribution in [0.2, 0.25) is 0 Å². The molecule has 18 heavy (non-hydrogen) atoms. The molecule has 2 rings (SSSR count). The van der Waals surface area contributed by atoms with Gasteiger partial charge in [0.2, 0.25) is 5.95 Å². The number of ether oxygens (including phenoxy) is 2. The second kappa shape index (κ2) is 4.99. The number of aromatic nitrogens is 1. The van der Waals surface area contributed by atoms with Crippen molar-refractivity contribution in [3.63, 3.8) is 0 Å². The van der Waals surface area contributed by atoms with Gasteiger partial charge in [0.1, 0.15) is 6.10 Å². The Labute approximate surface area is 104 Å². The second-order valence-electron chi connectivity index (χ2n) is 4.53. The second-order valence-corrected chi connectivity index (χ2v) is 4.53. The lowest BCUT2D eigenvalue weighted by Gasteiger charge is -2.17. The minimum atomic E-state index is -0.610. The van der Waals surface area contributed by atoms with E-state index >= 15 is 0 Å². The first kappa shape index (κ1) is 12.9. The summed E-state index contributed by atoms with van der Waals surface area (Å²) in [7, 11) is 0. The minimum absolute atomic E-state index is 0.169. The molecule has 1 atom stereocenters. The maximum absolute atomic E-state index is 12.6. The van der Waals surface area contributed by atoms with Gasteiger partial charge < -0.3 is 14.8 Å². The fourth-order valence-corrected chi connectivity index (χ4v) is 1.68. The molecule has 98 valence electrons. The Balaban J connectivity index is 1.84. The minimum Gasteiger partial charge on any atom is -0.349 e. The lowest BCUT2D eigenvalue weighted by molar-refractivity contribution is -0.137. The molecule has 1 fully saturated rings. The zero-order valence-electron chi connectivity index (χ0n) is 10.3. The van der Waals surface area contributed by atoms with Crippen LogP contribution in [0.5, 0.6) is 0 Å². The summed E-state index contributed by atoms with van der Waals surface area (Å²) in [5.74, 6) is -1.52. The normalized spacial score (nSPS) is 21.8. The Morgan fingerprint density at radius 2 is 2.39 bits per heavy atom. The molecule has 1 aliphatic rings. The summed E-state index contributed by atoms with van der Waals surface area (Å²) in [4.78, 5) is 15.1. The van der Waals surface area contributed by atoms with E-state index in [1.165, 1.54) is 12.3 Å². The van der Waals surface area contributed by atoms with Crippen molar-refractivity contribution < 1.29 is 18.7 Å². The summed E-state index contributed by atoms with van der Waals surface area (Å²) in [5.41, 5.74) is 0.314. The highest BCUT2D eigenvalue weighted by atomic mass is 19.1. The van der Waals surface area contributed by atoms with Gasteiger partial charge in [0.25, 0.3) is 5.91 Å². The monoisotopic (exact) mass is 254 g/mol. The van der Waals surface area contributed by atoms with Gasteiger partial charge in [0.15, 0.2) is 5.79 Å². The first-order valence-electron chi connectivity index (χ1n) is 5.68. The van der Waals surface area contributed by atoms with Crippen molar-refractivity contribution in [3.05, 3.63) is 29.8 Å². The maximum Gasteiger partial charge on any atom is 0.252 e.